The number of halogens is 3. The first-order valence-corrected chi connectivity index (χ1v) is 4.65. The lowest BCUT2D eigenvalue weighted by Crippen LogP contribution is -2.20. The lowest BCUT2D eigenvalue weighted by Gasteiger charge is -2.08. The summed E-state index contributed by atoms with van der Waals surface area (Å²) in [6, 6.07) is 1.73. The van der Waals surface area contributed by atoms with E-state index < -0.39 is 12.8 Å². The van der Waals surface area contributed by atoms with Crippen LogP contribution in [0.1, 0.15) is 5.69 Å². The van der Waals surface area contributed by atoms with E-state index in [9.17, 15) is 13.2 Å². The SMILES string of the molecule is Cc1ccnc(NCCOCC(F)(F)F)n1. The van der Waals surface area contributed by atoms with Crippen LogP contribution >= 0.6 is 0 Å². The minimum Gasteiger partial charge on any atom is -0.370 e. The Morgan fingerprint density at radius 3 is 2.81 bits per heavy atom. The smallest absolute Gasteiger partial charge is 0.370 e. The van der Waals surface area contributed by atoms with E-state index in [1.807, 2.05) is 0 Å². The lowest BCUT2D eigenvalue weighted by molar-refractivity contribution is -0.172. The third-order valence-corrected chi connectivity index (χ3v) is 1.59. The highest BCUT2D eigenvalue weighted by molar-refractivity contribution is 5.24. The van der Waals surface area contributed by atoms with E-state index in [0.29, 0.717) is 5.95 Å². The molecule has 0 spiro atoms. The van der Waals surface area contributed by atoms with E-state index in [-0.39, 0.29) is 13.2 Å². The molecule has 0 atom stereocenters. The van der Waals surface area contributed by atoms with E-state index >= 15 is 0 Å². The molecular formula is C9H12F3N3O. The van der Waals surface area contributed by atoms with Gasteiger partial charge in [-0.25, -0.2) is 9.97 Å². The zero-order chi connectivity index (χ0) is 12.0. The largest absolute Gasteiger partial charge is 0.411 e. The molecule has 0 saturated carbocycles. The van der Waals surface area contributed by atoms with Crippen LogP contribution in [0.4, 0.5) is 19.1 Å². The summed E-state index contributed by atoms with van der Waals surface area (Å²) in [7, 11) is 0. The number of nitrogens with zero attached hydrogens (tertiary/aromatic N) is 2. The van der Waals surface area contributed by atoms with E-state index in [1.165, 1.54) is 0 Å². The standard InChI is InChI=1S/C9H12F3N3O/c1-7-2-3-13-8(15-7)14-4-5-16-6-9(10,11)12/h2-3H,4-6H2,1H3,(H,13,14,15). The van der Waals surface area contributed by atoms with Gasteiger partial charge in [-0.15, -0.1) is 0 Å². The topological polar surface area (TPSA) is 47.0 Å². The number of aryl methyl sites for hydroxylation is 1. The Labute approximate surface area is 90.9 Å². The molecule has 0 aliphatic rings. The van der Waals surface area contributed by atoms with Gasteiger partial charge in [0, 0.05) is 18.4 Å². The molecule has 0 aliphatic carbocycles. The maximum absolute atomic E-state index is 11.7. The minimum absolute atomic E-state index is 0.0448. The van der Waals surface area contributed by atoms with Crippen molar-refractivity contribution in [1.82, 2.24) is 9.97 Å². The number of nitrogens with one attached hydrogen (secondary N) is 1. The summed E-state index contributed by atoms with van der Waals surface area (Å²) >= 11 is 0. The van der Waals surface area contributed by atoms with Crippen molar-refractivity contribution < 1.29 is 17.9 Å². The molecule has 0 fully saturated rings. The quantitative estimate of drug-likeness (QED) is 0.790. The van der Waals surface area contributed by atoms with Crippen LogP contribution in [0.2, 0.25) is 0 Å². The van der Waals surface area contributed by atoms with Crippen molar-refractivity contribution >= 4 is 5.95 Å². The highest BCUT2D eigenvalue weighted by atomic mass is 19.4. The van der Waals surface area contributed by atoms with Gasteiger partial charge in [-0.05, 0) is 13.0 Å². The minimum atomic E-state index is -4.28. The number of rotatable bonds is 5. The third kappa shape index (κ3) is 5.50. The molecule has 0 bridgehead atoms. The van der Waals surface area contributed by atoms with Crippen molar-refractivity contribution in [2.24, 2.45) is 0 Å². The Hall–Kier alpha value is -1.37. The molecule has 0 amide bonds. The fraction of sp³-hybridized carbons (Fsp3) is 0.556. The maximum atomic E-state index is 11.7. The number of alkyl halides is 3. The first-order chi connectivity index (χ1) is 7.47. The molecule has 7 heteroatoms. The number of aromatic nitrogens is 2. The zero-order valence-corrected chi connectivity index (χ0v) is 8.71. The van der Waals surface area contributed by atoms with Crippen LogP contribution in [0.15, 0.2) is 12.3 Å². The third-order valence-electron chi connectivity index (χ3n) is 1.59. The molecule has 1 aromatic rings. The number of hydrogen-bond donors (Lipinski definition) is 1. The first kappa shape index (κ1) is 12.7. The lowest BCUT2D eigenvalue weighted by atomic mass is 10.5. The highest BCUT2D eigenvalue weighted by Gasteiger charge is 2.27. The molecule has 90 valence electrons. The van der Waals surface area contributed by atoms with Gasteiger partial charge in [0.1, 0.15) is 6.61 Å². The van der Waals surface area contributed by atoms with Crippen LogP contribution in [0.5, 0.6) is 0 Å². The maximum Gasteiger partial charge on any atom is 0.411 e. The Morgan fingerprint density at radius 2 is 2.19 bits per heavy atom. The Kier molecular flexibility index (Phi) is 4.48. The van der Waals surface area contributed by atoms with Gasteiger partial charge in [0.05, 0.1) is 6.61 Å². The molecule has 0 unspecified atom stereocenters. The summed E-state index contributed by atoms with van der Waals surface area (Å²) < 4.78 is 39.5. The van der Waals surface area contributed by atoms with Crippen LogP contribution in [-0.4, -0.2) is 35.9 Å². The molecule has 0 radical (unpaired) electrons. The second-order valence-electron chi connectivity index (χ2n) is 3.12. The fourth-order valence-electron chi connectivity index (χ4n) is 0.957. The van der Waals surface area contributed by atoms with E-state index in [4.69, 9.17) is 0 Å². The van der Waals surface area contributed by atoms with Crippen LogP contribution < -0.4 is 5.32 Å². The fourth-order valence-corrected chi connectivity index (χ4v) is 0.957. The molecule has 16 heavy (non-hydrogen) atoms. The average molecular weight is 235 g/mol. The van der Waals surface area contributed by atoms with E-state index in [0.717, 1.165) is 5.69 Å². The van der Waals surface area contributed by atoms with Crippen molar-refractivity contribution in [2.45, 2.75) is 13.1 Å². The van der Waals surface area contributed by atoms with E-state index in [2.05, 4.69) is 20.0 Å². The molecule has 0 saturated heterocycles. The van der Waals surface area contributed by atoms with Crippen molar-refractivity contribution in [3.63, 3.8) is 0 Å². The average Bonchev–Trinajstić information content (AvgIpc) is 2.15. The van der Waals surface area contributed by atoms with Crippen LogP contribution in [0, 0.1) is 6.92 Å². The van der Waals surface area contributed by atoms with E-state index in [1.54, 1.807) is 19.2 Å². The molecule has 1 aromatic heterocycles. The predicted molar refractivity (Wildman–Crippen MR) is 52.1 cm³/mol. The summed E-state index contributed by atoms with van der Waals surface area (Å²) in [5.41, 5.74) is 0.786. The van der Waals surface area contributed by atoms with Gasteiger partial charge < -0.3 is 10.1 Å². The summed E-state index contributed by atoms with van der Waals surface area (Å²) in [5.74, 6) is 0.385. The zero-order valence-electron chi connectivity index (χ0n) is 8.71. The van der Waals surface area contributed by atoms with Crippen LogP contribution in [-0.2, 0) is 4.74 Å². The van der Waals surface area contributed by atoms with Crippen LogP contribution in [0.3, 0.4) is 0 Å². The Morgan fingerprint density at radius 1 is 1.44 bits per heavy atom. The number of ether oxygens (including phenoxy) is 1. The molecular weight excluding hydrogens is 223 g/mol. The van der Waals surface area contributed by atoms with Crippen molar-refractivity contribution in [2.75, 3.05) is 25.1 Å². The molecule has 1 heterocycles. The van der Waals surface area contributed by atoms with Crippen molar-refractivity contribution in [3.05, 3.63) is 18.0 Å². The molecule has 4 nitrogen and oxygen atoms in total. The normalized spacial score (nSPS) is 11.5. The molecule has 1 N–H and O–H groups in total. The Balaban J connectivity index is 2.17. The van der Waals surface area contributed by atoms with Crippen molar-refractivity contribution in [3.8, 4) is 0 Å². The summed E-state index contributed by atoms with van der Waals surface area (Å²) in [5, 5.41) is 2.76. The van der Waals surface area contributed by atoms with Gasteiger partial charge in [0.2, 0.25) is 5.95 Å². The second kappa shape index (κ2) is 5.64. The highest BCUT2D eigenvalue weighted by Crippen LogP contribution is 2.14. The second-order valence-corrected chi connectivity index (χ2v) is 3.12. The number of hydrogen-bond acceptors (Lipinski definition) is 4. The number of anilines is 1. The van der Waals surface area contributed by atoms with Gasteiger partial charge in [0.25, 0.3) is 0 Å². The molecule has 0 aromatic carbocycles. The molecule has 1 rings (SSSR count). The van der Waals surface area contributed by atoms with Gasteiger partial charge in [0.15, 0.2) is 0 Å². The monoisotopic (exact) mass is 235 g/mol. The Bertz CT molecular complexity index is 330. The summed E-state index contributed by atoms with van der Waals surface area (Å²) in [6.07, 6.45) is -2.71. The first-order valence-electron chi connectivity index (χ1n) is 4.65. The van der Waals surface area contributed by atoms with Crippen LogP contribution in [0.25, 0.3) is 0 Å². The van der Waals surface area contributed by atoms with Gasteiger partial charge in [-0.1, -0.05) is 0 Å². The summed E-state index contributed by atoms with van der Waals surface area (Å²) in [4.78, 5) is 7.91. The van der Waals surface area contributed by atoms with Gasteiger partial charge in [-0.3, -0.25) is 0 Å². The van der Waals surface area contributed by atoms with Crippen molar-refractivity contribution in [1.29, 1.82) is 0 Å². The summed E-state index contributed by atoms with van der Waals surface area (Å²) in [6.45, 7) is 0.757. The molecule has 0 aliphatic heterocycles. The van der Waals surface area contributed by atoms with Gasteiger partial charge >= 0.3 is 6.18 Å². The van der Waals surface area contributed by atoms with Gasteiger partial charge in [-0.2, -0.15) is 13.2 Å². The predicted octanol–water partition coefficient (Wildman–Crippen LogP) is 1.78.